The number of esters is 1. The van der Waals surface area contributed by atoms with Gasteiger partial charge in [-0.3, -0.25) is 0 Å². The van der Waals surface area contributed by atoms with Gasteiger partial charge < -0.3 is 10.5 Å². The van der Waals surface area contributed by atoms with Gasteiger partial charge in [0.05, 0.1) is 7.11 Å². The molecule has 0 radical (unpaired) electrons. The molecule has 0 rings (SSSR count). The van der Waals surface area contributed by atoms with E-state index in [0.29, 0.717) is 5.57 Å². The lowest BCUT2D eigenvalue weighted by atomic mass is 10.1. The van der Waals surface area contributed by atoms with E-state index in [1.54, 1.807) is 13.0 Å². The second-order valence-electron chi connectivity index (χ2n) is 2.25. The minimum Gasteiger partial charge on any atom is -0.466 e. The third-order valence-corrected chi connectivity index (χ3v) is 1.57. The Morgan fingerprint density at radius 1 is 1.73 bits per heavy atom. The van der Waals surface area contributed by atoms with E-state index in [9.17, 15) is 4.79 Å². The summed E-state index contributed by atoms with van der Waals surface area (Å²) in [7, 11) is 1.36. The Bertz CT molecular complexity index is 163. The van der Waals surface area contributed by atoms with Crippen molar-refractivity contribution in [1.29, 1.82) is 0 Å². The van der Waals surface area contributed by atoms with Crippen molar-refractivity contribution in [3.63, 3.8) is 0 Å². The fraction of sp³-hybridized carbons (Fsp3) is 0.625. The maximum absolute atomic E-state index is 11.0. The van der Waals surface area contributed by atoms with E-state index in [-0.39, 0.29) is 12.0 Å². The minimum absolute atomic E-state index is 0.201. The van der Waals surface area contributed by atoms with Crippen molar-refractivity contribution in [3.8, 4) is 0 Å². The zero-order valence-corrected chi connectivity index (χ0v) is 7.26. The Kier molecular flexibility index (Phi) is 4.54. The normalized spacial score (nSPS) is 14.4. The van der Waals surface area contributed by atoms with Crippen molar-refractivity contribution in [3.05, 3.63) is 11.6 Å². The van der Waals surface area contributed by atoms with Crippen LogP contribution in [0.3, 0.4) is 0 Å². The second-order valence-corrected chi connectivity index (χ2v) is 2.25. The van der Waals surface area contributed by atoms with E-state index >= 15 is 0 Å². The number of nitrogens with two attached hydrogens (primary N) is 1. The summed E-state index contributed by atoms with van der Waals surface area (Å²) in [6.45, 7) is 3.71. The zero-order chi connectivity index (χ0) is 8.85. The molecule has 1 unspecified atom stereocenters. The van der Waals surface area contributed by atoms with E-state index in [1.807, 2.05) is 6.92 Å². The highest BCUT2D eigenvalue weighted by Crippen LogP contribution is 2.04. The van der Waals surface area contributed by atoms with Crippen LogP contribution >= 0.6 is 0 Å². The second kappa shape index (κ2) is 4.91. The topological polar surface area (TPSA) is 52.3 Å². The Labute approximate surface area is 67.2 Å². The summed E-state index contributed by atoms with van der Waals surface area (Å²) in [5.41, 5.74) is 6.19. The zero-order valence-electron chi connectivity index (χ0n) is 7.26. The number of carbonyl (C=O) groups is 1. The van der Waals surface area contributed by atoms with E-state index in [2.05, 4.69) is 4.74 Å². The molecule has 0 spiro atoms. The van der Waals surface area contributed by atoms with Gasteiger partial charge in [0.25, 0.3) is 0 Å². The number of allylic oxidation sites excluding steroid dienone is 1. The van der Waals surface area contributed by atoms with Crippen LogP contribution in [0, 0.1) is 0 Å². The molecule has 0 amide bonds. The van der Waals surface area contributed by atoms with Gasteiger partial charge in [-0.2, -0.15) is 0 Å². The molecule has 0 aromatic rings. The average molecular weight is 157 g/mol. The summed E-state index contributed by atoms with van der Waals surface area (Å²) in [6, 6.07) is -0.201. The summed E-state index contributed by atoms with van der Waals surface area (Å²) < 4.78 is 4.54. The van der Waals surface area contributed by atoms with Crippen LogP contribution in [-0.2, 0) is 9.53 Å². The molecule has 0 saturated heterocycles. The summed E-state index contributed by atoms with van der Waals surface area (Å²) in [5, 5.41) is 0. The monoisotopic (exact) mass is 157 g/mol. The summed E-state index contributed by atoms with van der Waals surface area (Å²) in [4.78, 5) is 11.0. The Morgan fingerprint density at radius 3 is 2.55 bits per heavy atom. The molecule has 0 aromatic carbocycles. The number of ether oxygens (including phenoxy) is 1. The number of methoxy groups -OCH3 is 1. The third-order valence-electron chi connectivity index (χ3n) is 1.57. The first-order chi connectivity index (χ1) is 5.17. The SMILES string of the molecule is CC=C(C(=O)OC)C(N)CC. The molecule has 64 valence electrons. The molecule has 0 heterocycles. The van der Waals surface area contributed by atoms with E-state index < -0.39 is 0 Å². The van der Waals surface area contributed by atoms with Gasteiger partial charge in [0, 0.05) is 11.6 Å². The fourth-order valence-electron chi connectivity index (χ4n) is 0.821. The maximum atomic E-state index is 11.0. The number of hydrogen-bond acceptors (Lipinski definition) is 3. The molecule has 0 aromatic heterocycles. The Balaban J connectivity index is 4.30. The van der Waals surface area contributed by atoms with Crippen LogP contribution in [-0.4, -0.2) is 19.1 Å². The van der Waals surface area contributed by atoms with Crippen LogP contribution in [0.15, 0.2) is 11.6 Å². The molecule has 0 aliphatic carbocycles. The average Bonchev–Trinajstić information content (AvgIpc) is 2.05. The van der Waals surface area contributed by atoms with E-state index in [4.69, 9.17) is 5.73 Å². The van der Waals surface area contributed by atoms with Crippen molar-refractivity contribution in [1.82, 2.24) is 0 Å². The maximum Gasteiger partial charge on any atom is 0.334 e. The van der Waals surface area contributed by atoms with Crippen molar-refractivity contribution in [2.24, 2.45) is 5.73 Å². The molecule has 0 fully saturated rings. The summed E-state index contributed by atoms with van der Waals surface area (Å²) in [5.74, 6) is -0.332. The highest BCUT2D eigenvalue weighted by molar-refractivity contribution is 5.89. The molecule has 0 saturated carbocycles. The lowest BCUT2D eigenvalue weighted by molar-refractivity contribution is -0.136. The molecule has 0 aliphatic rings. The first kappa shape index (κ1) is 10.2. The van der Waals surface area contributed by atoms with Crippen LogP contribution in [0.25, 0.3) is 0 Å². The first-order valence-electron chi connectivity index (χ1n) is 3.67. The van der Waals surface area contributed by atoms with Crippen LogP contribution in [0.4, 0.5) is 0 Å². The van der Waals surface area contributed by atoms with Crippen molar-refractivity contribution in [2.45, 2.75) is 26.3 Å². The van der Waals surface area contributed by atoms with E-state index in [1.165, 1.54) is 7.11 Å². The molecular weight excluding hydrogens is 142 g/mol. The standard InChI is InChI=1S/C8H15NO2/c1-4-6(7(9)5-2)8(10)11-3/h4,7H,5,9H2,1-3H3. The molecule has 3 heteroatoms. The van der Waals surface area contributed by atoms with Crippen molar-refractivity contribution in [2.75, 3.05) is 7.11 Å². The summed E-state index contributed by atoms with van der Waals surface area (Å²) >= 11 is 0. The highest BCUT2D eigenvalue weighted by Gasteiger charge is 2.14. The quantitative estimate of drug-likeness (QED) is 0.488. The van der Waals surface area contributed by atoms with Crippen LogP contribution in [0.5, 0.6) is 0 Å². The Morgan fingerprint density at radius 2 is 2.27 bits per heavy atom. The molecule has 3 nitrogen and oxygen atoms in total. The molecule has 0 aliphatic heterocycles. The van der Waals surface area contributed by atoms with Gasteiger partial charge in [0.2, 0.25) is 0 Å². The Hall–Kier alpha value is -0.830. The number of rotatable bonds is 3. The lowest BCUT2D eigenvalue weighted by Crippen LogP contribution is -2.27. The fourth-order valence-corrected chi connectivity index (χ4v) is 0.821. The van der Waals surface area contributed by atoms with E-state index in [0.717, 1.165) is 6.42 Å². The third kappa shape index (κ3) is 2.72. The van der Waals surface area contributed by atoms with Crippen molar-refractivity contribution < 1.29 is 9.53 Å². The van der Waals surface area contributed by atoms with Crippen LogP contribution < -0.4 is 5.73 Å². The van der Waals surface area contributed by atoms with Crippen molar-refractivity contribution >= 4 is 5.97 Å². The predicted molar refractivity (Wildman–Crippen MR) is 44.0 cm³/mol. The van der Waals surface area contributed by atoms with Gasteiger partial charge in [-0.1, -0.05) is 13.0 Å². The molecular formula is C8H15NO2. The highest BCUT2D eigenvalue weighted by atomic mass is 16.5. The predicted octanol–water partition coefficient (Wildman–Crippen LogP) is 0.843. The first-order valence-corrected chi connectivity index (χ1v) is 3.67. The van der Waals surface area contributed by atoms with Gasteiger partial charge in [0.1, 0.15) is 0 Å². The smallest absolute Gasteiger partial charge is 0.334 e. The molecule has 1 atom stereocenters. The molecule has 11 heavy (non-hydrogen) atoms. The lowest BCUT2D eigenvalue weighted by Gasteiger charge is -2.10. The largest absolute Gasteiger partial charge is 0.466 e. The minimum atomic E-state index is -0.332. The van der Waals surface area contributed by atoms with Crippen LogP contribution in [0.2, 0.25) is 0 Å². The molecule has 2 N–H and O–H groups in total. The van der Waals surface area contributed by atoms with Gasteiger partial charge in [0.15, 0.2) is 0 Å². The summed E-state index contributed by atoms with van der Waals surface area (Å²) in [6.07, 6.45) is 2.44. The van der Waals surface area contributed by atoms with Crippen LogP contribution in [0.1, 0.15) is 20.3 Å². The van der Waals surface area contributed by atoms with Gasteiger partial charge >= 0.3 is 5.97 Å². The molecule has 0 bridgehead atoms. The number of carbonyl (C=O) groups excluding carboxylic acids is 1. The van der Waals surface area contributed by atoms with Gasteiger partial charge in [-0.15, -0.1) is 0 Å². The number of hydrogen-bond donors (Lipinski definition) is 1. The van der Waals surface area contributed by atoms with Gasteiger partial charge in [-0.25, -0.2) is 4.79 Å². The van der Waals surface area contributed by atoms with Gasteiger partial charge in [-0.05, 0) is 13.3 Å².